The van der Waals surface area contributed by atoms with Crippen LogP contribution in [-0.2, 0) is 0 Å². The number of aliphatic hydroxyl groups is 1. The lowest BCUT2D eigenvalue weighted by molar-refractivity contribution is 0.143. The van der Waals surface area contributed by atoms with E-state index in [9.17, 15) is 5.11 Å². The lowest BCUT2D eigenvalue weighted by atomic mass is 9.90. The van der Waals surface area contributed by atoms with Crippen molar-refractivity contribution in [2.45, 2.75) is 38.2 Å². The lowest BCUT2D eigenvalue weighted by Crippen LogP contribution is -2.27. The van der Waals surface area contributed by atoms with Crippen LogP contribution in [-0.4, -0.2) is 47.8 Å². The molecule has 0 aliphatic carbocycles. The minimum atomic E-state index is -1.11. The number of rotatable bonds is 5. The second-order valence-corrected chi connectivity index (χ2v) is 8.78. The van der Waals surface area contributed by atoms with E-state index < -0.39 is 5.60 Å². The number of piperidine rings is 1. The van der Waals surface area contributed by atoms with Crippen molar-refractivity contribution in [3.63, 3.8) is 0 Å². The third-order valence-corrected chi connectivity index (χ3v) is 5.81. The van der Waals surface area contributed by atoms with Gasteiger partial charge in [-0.15, -0.1) is 0 Å². The molecule has 6 nitrogen and oxygen atoms in total. The second-order valence-electron chi connectivity index (χ2n) is 8.78. The molecular formula is C27H31N3O3. The lowest BCUT2D eigenvalue weighted by Gasteiger charge is -2.21. The van der Waals surface area contributed by atoms with Gasteiger partial charge in [0.05, 0.1) is 36.9 Å². The Kier molecular flexibility index (Phi) is 6.73. The maximum Gasteiger partial charge on any atom is 0.120 e. The van der Waals surface area contributed by atoms with E-state index in [-0.39, 0.29) is 0 Å². The summed E-state index contributed by atoms with van der Waals surface area (Å²) in [6.07, 6.45) is 2.00. The van der Waals surface area contributed by atoms with Gasteiger partial charge < -0.3 is 19.9 Å². The van der Waals surface area contributed by atoms with Gasteiger partial charge in [-0.1, -0.05) is 11.8 Å². The Morgan fingerprint density at radius 3 is 2.09 bits per heavy atom. The van der Waals surface area contributed by atoms with Crippen molar-refractivity contribution >= 4 is 0 Å². The molecular weight excluding hydrogens is 414 g/mol. The highest BCUT2D eigenvalue weighted by atomic mass is 16.5. The number of hydrogen-bond acceptors (Lipinski definition) is 5. The Bertz CT molecular complexity index is 1140. The highest BCUT2D eigenvalue weighted by molar-refractivity contribution is 5.72. The Morgan fingerprint density at radius 1 is 0.970 bits per heavy atom. The first kappa shape index (κ1) is 22.9. The predicted octanol–water partition coefficient (Wildman–Crippen LogP) is 4.15. The van der Waals surface area contributed by atoms with Crippen LogP contribution in [0.4, 0.5) is 0 Å². The van der Waals surface area contributed by atoms with Gasteiger partial charge in [0, 0.05) is 11.5 Å². The fourth-order valence-electron chi connectivity index (χ4n) is 4.08. The molecule has 1 saturated heterocycles. The van der Waals surface area contributed by atoms with Crippen molar-refractivity contribution in [1.29, 1.82) is 0 Å². The number of nitrogens with one attached hydrogen (secondary N) is 1. The van der Waals surface area contributed by atoms with Gasteiger partial charge in [-0.2, -0.15) is 5.10 Å². The first-order chi connectivity index (χ1) is 15.9. The average Bonchev–Trinajstić information content (AvgIpc) is 3.22. The molecule has 0 saturated carbocycles. The van der Waals surface area contributed by atoms with Crippen molar-refractivity contribution in [1.82, 2.24) is 15.1 Å². The zero-order valence-corrected chi connectivity index (χ0v) is 19.7. The molecule has 1 aliphatic rings. The van der Waals surface area contributed by atoms with E-state index >= 15 is 0 Å². The maximum atomic E-state index is 10.4. The summed E-state index contributed by atoms with van der Waals surface area (Å²) in [5.74, 6) is 8.20. The van der Waals surface area contributed by atoms with Crippen LogP contribution < -0.4 is 14.8 Å². The minimum absolute atomic E-state index is 0.300. The summed E-state index contributed by atoms with van der Waals surface area (Å²) in [4.78, 5) is 0. The summed E-state index contributed by atoms with van der Waals surface area (Å²) in [5, 5.41) is 18.9. The quantitative estimate of drug-likeness (QED) is 0.578. The Labute approximate surface area is 195 Å². The Morgan fingerprint density at radius 2 is 1.55 bits per heavy atom. The number of methoxy groups -OCH3 is 2. The van der Waals surface area contributed by atoms with Gasteiger partial charge in [0.15, 0.2) is 0 Å². The maximum absolute atomic E-state index is 10.4. The third-order valence-electron chi connectivity index (χ3n) is 5.81. The largest absolute Gasteiger partial charge is 0.497 e. The molecule has 0 bridgehead atoms. The summed E-state index contributed by atoms with van der Waals surface area (Å²) in [6.45, 7) is 5.31. The molecule has 0 amide bonds. The summed E-state index contributed by atoms with van der Waals surface area (Å²) in [6, 6.07) is 15.8. The van der Waals surface area contributed by atoms with E-state index in [4.69, 9.17) is 14.6 Å². The number of hydrogen-bond donors (Lipinski definition) is 2. The molecule has 2 heterocycles. The Balaban J connectivity index is 1.96. The minimum Gasteiger partial charge on any atom is -0.497 e. The zero-order valence-electron chi connectivity index (χ0n) is 19.7. The fourth-order valence-corrected chi connectivity index (χ4v) is 4.08. The molecule has 1 fully saturated rings. The summed E-state index contributed by atoms with van der Waals surface area (Å²) < 4.78 is 12.7. The van der Waals surface area contributed by atoms with Crippen molar-refractivity contribution in [2.24, 2.45) is 0 Å². The molecule has 0 spiro atoms. The monoisotopic (exact) mass is 445 g/mol. The second kappa shape index (κ2) is 9.70. The first-order valence-electron chi connectivity index (χ1n) is 11.3. The van der Waals surface area contributed by atoms with E-state index in [0.29, 0.717) is 5.92 Å². The highest BCUT2D eigenvalue weighted by Gasteiger charge is 2.27. The summed E-state index contributed by atoms with van der Waals surface area (Å²) in [5.41, 5.74) is 3.56. The molecule has 33 heavy (non-hydrogen) atoms. The van der Waals surface area contributed by atoms with Gasteiger partial charge in [-0.3, -0.25) is 0 Å². The first-order valence-corrected chi connectivity index (χ1v) is 11.3. The molecule has 0 unspecified atom stereocenters. The van der Waals surface area contributed by atoms with Crippen LogP contribution in [0, 0.1) is 11.8 Å². The van der Waals surface area contributed by atoms with Crippen LogP contribution in [0.2, 0.25) is 0 Å². The van der Waals surface area contributed by atoms with Gasteiger partial charge in [0.2, 0.25) is 0 Å². The van der Waals surface area contributed by atoms with Crippen LogP contribution in [0.15, 0.2) is 48.5 Å². The molecule has 2 N–H and O–H groups in total. The van der Waals surface area contributed by atoms with Crippen LogP contribution in [0.1, 0.15) is 43.9 Å². The third kappa shape index (κ3) is 5.22. The molecule has 0 radical (unpaired) electrons. The van der Waals surface area contributed by atoms with Crippen LogP contribution >= 0.6 is 0 Å². The molecule has 4 rings (SSSR count). The molecule has 0 atom stereocenters. The van der Waals surface area contributed by atoms with E-state index in [0.717, 1.165) is 65.6 Å². The number of aromatic nitrogens is 2. The van der Waals surface area contributed by atoms with E-state index in [1.54, 1.807) is 28.1 Å². The Hall–Kier alpha value is -3.27. The molecule has 1 aliphatic heterocycles. The standard InChI is InChI=1S/C27H31N3O3/c1-27(2,31)16-13-24-25(19-14-17-28-18-15-19)29-30(21-7-11-23(33-4)12-8-21)26(24)20-5-9-22(32-3)10-6-20/h5-12,19,28,31H,14-15,17-18H2,1-4H3. The SMILES string of the molecule is COc1ccc(-c2c(C#CC(C)(C)O)c(C3CCNCC3)nn2-c2ccc(OC)cc2)cc1. The summed E-state index contributed by atoms with van der Waals surface area (Å²) >= 11 is 0. The molecule has 1 aromatic heterocycles. The molecule has 172 valence electrons. The fraction of sp³-hybridized carbons (Fsp3) is 0.370. The smallest absolute Gasteiger partial charge is 0.120 e. The zero-order chi connectivity index (χ0) is 23.4. The van der Waals surface area contributed by atoms with E-state index in [1.807, 2.05) is 53.2 Å². The number of nitrogens with zero attached hydrogens (tertiary/aromatic N) is 2. The van der Waals surface area contributed by atoms with Crippen molar-refractivity contribution in [3.05, 3.63) is 59.8 Å². The van der Waals surface area contributed by atoms with Gasteiger partial charge in [0.1, 0.15) is 17.1 Å². The number of ether oxygens (including phenoxy) is 2. The molecule has 6 heteroatoms. The highest BCUT2D eigenvalue weighted by Crippen LogP contribution is 2.36. The van der Waals surface area contributed by atoms with Crippen LogP contribution in [0.25, 0.3) is 16.9 Å². The van der Waals surface area contributed by atoms with E-state index in [2.05, 4.69) is 17.2 Å². The predicted molar refractivity (Wildman–Crippen MR) is 130 cm³/mol. The molecule has 2 aromatic carbocycles. The van der Waals surface area contributed by atoms with Gasteiger partial charge in [-0.05, 0) is 88.3 Å². The average molecular weight is 446 g/mol. The van der Waals surface area contributed by atoms with E-state index in [1.165, 1.54) is 0 Å². The topological polar surface area (TPSA) is 68.5 Å². The normalized spacial score (nSPS) is 14.5. The van der Waals surface area contributed by atoms with Gasteiger partial charge in [-0.25, -0.2) is 4.68 Å². The van der Waals surface area contributed by atoms with Crippen molar-refractivity contribution in [2.75, 3.05) is 27.3 Å². The number of benzene rings is 2. The van der Waals surface area contributed by atoms with Crippen molar-refractivity contribution < 1.29 is 14.6 Å². The van der Waals surface area contributed by atoms with Crippen LogP contribution in [0.5, 0.6) is 11.5 Å². The van der Waals surface area contributed by atoms with Crippen molar-refractivity contribution in [3.8, 4) is 40.3 Å². The van der Waals surface area contributed by atoms with Gasteiger partial charge >= 0.3 is 0 Å². The summed E-state index contributed by atoms with van der Waals surface area (Å²) in [7, 11) is 3.32. The molecule has 3 aromatic rings. The van der Waals surface area contributed by atoms with Crippen LogP contribution in [0.3, 0.4) is 0 Å². The van der Waals surface area contributed by atoms with Gasteiger partial charge in [0.25, 0.3) is 0 Å².